The molecule has 19 heavy (non-hydrogen) atoms. The van der Waals surface area contributed by atoms with E-state index in [0.717, 1.165) is 12.8 Å². The summed E-state index contributed by atoms with van der Waals surface area (Å²) in [7, 11) is -3.58. The van der Waals surface area contributed by atoms with Crippen LogP contribution in [0.2, 0.25) is 0 Å². The topological polar surface area (TPSA) is 75.6 Å². The summed E-state index contributed by atoms with van der Waals surface area (Å²) in [5.41, 5.74) is 0. The highest BCUT2D eigenvalue weighted by Crippen LogP contribution is 2.16. The Morgan fingerprint density at radius 1 is 1.32 bits per heavy atom. The van der Waals surface area contributed by atoms with Crippen molar-refractivity contribution in [1.82, 2.24) is 4.72 Å². The van der Waals surface area contributed by atoms with Gasteiger partial charge in [0.05, 0.1) is 18.1 Å². The maximum Gasteiger partial charge on any atom is 0.240 e. The van der Waals surface area contributed by atoms with E-state index in [1.54, 1.807) is 19.1 Å². The monoisotopic (exact) mass is 287 g/mol. The molecule has 5 nitrogen and oxygen atoms in total. The summed E-state index contributed by atoms with van der Waals surface area (Å²) in [6.07, 6.45) is 2.02. The SMILES string of the molecule is CCCCOc1ccc(S(=O)(=O)N[C@@H](C)CO)cc1. The van der Waals surface area contributed by atoms with Crippen molar-refractivity contribution >= 4 is 10.0 Å². The summed E-state index contributed by atoms with van der Waals surface area (Å²) in [6, 6.07) is 5.74. The minimum absolute atomic E-state index is 0.163. The third-order valence-electron chi connectivity index (χ3n) is 2.53. The van der Waals surface area contributed by atoms with E-state index in [1.807, 2.05) is 0 Å². The van der Waals surface area contributed by atoms with Gasteiger partial charge in [-0.3, -0.25) is 0 Å². The first-order valence-corrected chi connectivity index (χ1v) is 7.84. The summed E-state index contributed by atoms with van der Waals surface area (Å²) < 4.78 is 31.7. The number of unbranched alkanes of at least 4 members (excludes halogenated alkanes) is 1. The Bertz CT molecular complexity index is 470. The molecule has 0 spiro atoms. The number of nitrogens with one attached hydrogen (secondary N) is 1. The van der Waals surface area contributed by atoms with Gasteiger partial charge < -0.3 is 9.84 Å². The lowest BCUT2D eigenvalue weighted by Gasteiger charge is -2.12. The van der Waals surface area contributed by atoms with Crippen LogP contribution in [0.25, 0.3) is 0 Å². The van der Waals surface area contributed by atoms with Crippen LogP contribution in [0.5, 0.6) is 5.75 Å². The fraction of sp³-hybridized carbons (Fsp3) is 0.538. The van der Waals surface area contributed by atoms with E-state index < -0.39 is 16.1 Å². The Hall–Kier alpha value is -1.11. The highest BCUT2D eigenvalue weighted by atomic mass is 32.2. The van der Waals surface area contributed by atoms with E-state index in [4.69, 9.17) is 9.84 Å². The van der Waals surface area contributed by atoms with Gasteiger partial charge in [0.25, 0.3) is 0 Å². The van der Waals surface area contributed by atoms with E-state index in [-0.39, 0.29) is 11.5 Å². The van der Waals surface area contributed by atoms with Crippen LogP contribution in [0.1, 0.15) is 26.7 Å². The van der Waals surface area contributed by atoms with Crippen LogP contribution in [-0.2, 0) is 10.0 Å². The molecule has 1 aromatic rings. The number of benzene rings is 1. The van der Waals surface area contributed by atoms with Crippen LogP contribution >= 0.6 is 0 Å². The van der Waals surface area contributed by atoms with E-state index in [2.05, 4.69) is 11.6 Å². The maximum absolute atomic E-state index is 11.9. The van der Waals surface area contributed by atoms with Crippen molar-refractivity contribution in [3.63, 3.8) is 0 Å². The molecule has 0 aliphatic heterocycles. The van der Waals surface area contributed by atoms with Crippen LogP contribution in [0.4, 0.5) is 0 Å². The van der Waals surface area contributed by atoms with Gasteiger partial charge in [0.2, 0.25) is 10.0 Å². The van der Waals surface area contributed by atoms with Crippen molar-refractivity contribution in [2.45, 2.75) is 37.6 Å². The summed E-state index contributed by atoms with van der Waals surface area (Å²) in [5.74, 6) is 0.655. The van der Waals surface area contributed by atoms with Gasteiger partial charge in [-0.1, -0.05) is 13.3 Å². The average Bonchev–Trinajstić information content (AvgIpc) is 2.39. The molecule has 0 saturated carbocycles. The smallest absolute Gasteiger partial charge is 0.240 e. The van der Waals surface area contributed by atoms with E-state index in [1.165, 1.54) is 12.1 Å². The molecule has 6 heteroatoms. The molecule has 0 saturated heterocycles. The van der Waals surface area contributed by atoms with Gasteiger partial charge in [0, 0.05) is 6.04 Å². The van der Waals surface area contributed by atoms with E-state index >= 15 is 0 Å². The third kappa shape index (κ3) is 5.18. The lowest BCUT2D eigenvalue weighted by atomic mass is 10.3. The minimum atomic E-state index is -3.58. The second-order valence-electron chi connectivity index (χ2n) is 4.38. The predicted octanol–water partition coefficient (Wildman–Crippen LogP) is 1.52. The second kappa shape index (κ2) is 7.47. The molecule has 0 unspecified atom stereocenters. The van der Waals surface area contributed by atoms with Crippen LogP contribution in [0.15, 0.2) is 29.2 Å². The van der Waals surface area contributed by atoms with Crippen molar-refractivity contribution in [2.24, 2.45) is 0 Å². The molecule has 1 rings (SSSR count). The first-order chi connectivity index (χ1) is 8.99. The molecule has 0 heterocycles. The van der Waals surface area contributed by atoms with Crippen molar-refractivity contribution in [1.29, 1.82) is 0 Å². The quantitative estimate of drug-likeness (QED) is 0.711. The molecule has 0 amide bonds. The summed E-state index contributed by atoms with van der Waals surface area (Å²) in [6.45, 7) is 4.06. The molecule has 0 fully saturated rings. The second-order valence-corrected chi connectivity index (χ2v) is 6.09. The largest absolute Gasteiger partial charge is 0.494 e. The van der Waals surface area contributed by atoms with Gasteiger partial charge in [-0.05, 0) is 37.6 Å². The zero-order valence-corrected chi connectivity index (χ0v) is 12.1. The molecule has 0 radical (unpaired) electrons. The van der Waals surface area contributed by atoms with Gasteiger partial charge in [-0.2, -0.15) is 0 Å². The molecule has 0 aliphatic carbocycles. The van der Waals surface area contributed by atoms with Crippen LogP contribution in [-0.4, -0.2) is 32.8 Å². The first kappa shape index (κ1) is 15.9. The summed E-state index contributed by atoms with van der Waals surface area (Å²) in [5, 5.41) is 8.86. The number of aliphatic hydroxyl groups is 1. The number of rotatable bonds is 8. The van der Waals surface area contributed by atoms with Crippen molar-refractivity contribution in [3.8, 4) is 5.75 Å². The molecular weight excluding hydrogens is 266 g/mol. The number of sulfonamides is 1. The van der Waals surface area contributed by atoms with Gasteiger partial charge in [0.1, 0.15) is 5.75 Å². The van der Waals surface area contributed by atoms with Gasteiger partial charge in [0.15, 0.2) is 0 Å². The number of ether oxygens (including phenoxy) is 1. The minimum Gasteiger partial charge on any atom is -0.494 e. The van der Waals surface area contributed by atoms with Crippen molar-refractivity contribution < 1.29 is 18.3 Å². The molecular formula is C13H21NO4S. The predicted molar refractivity (Wildman–Crippen MR) is 73.7 cm³/mol. The normalized spacial score (nSPS) is 13.2. The molecule has 1 aromatic carbocycles. The zero-order chi connectivity index (χ0) is 14.3. The van der Waals surface area contributed by atoms with Crippen molar-refractivity contribution in [3.05, 3.63) is 24.3 Å². The Morgan fingerprint density at radius 3 is 2.47 bits per heavy atom. The van der Waals surface area contributed by atoms with Gasteiger partial charge >= 0.3 is 0 Å². The summed E-state index contributed by atoms with van der Waals surface area (Å²) in [4.78, 5) is 0.163. The number of hydrogen-bond donors (Lipinski definition) is 2. The maximum atomic E-state index is 11.9. The van der Waals surface area contributed by atoms with Gasteiger partial charge in [-0.25, -0.2) is 13.1 Å². The Balaban J connectivity index is 2.69. The lowest BCUT2D eigenvalue weighted by molar-refractivity contribution is 0.265. The highest BCUT2D eigenvalue weighted by molar-refractivity contribution is 7.89. The van der Waals surface area contributed by atoms with Crippen LogP contribution in [0, 0.1) is 0 Å². The summed E-state index contributed by atoms with van der Waals surface area (Å²) >= 11 is 0. The van der Waals surface area contributed by atoms with Crippen molar-refractivity contribution in [2.75, 3.05) is 13.2 Å². The standard InChI is InChI=1S/C13H21NO4S/c1-3-4-9-18-12-5-7-13(8-6-12)19(16,17)14-11(2)10-15/h5-8,11,14-15H,3-4,9-10H2,1-2H3/t11-/m0/s1. The average molecular weight is 287 g/mol. The Kier molecular flexibility index (Phi) is 6.27. The number of hydrogen-bond acceptors (Lipinski definition) is 4. The molecule has 0 aromatic heterocycles. The number of aliphatic hydroxyl groups excluding tert-OH is 1. The van der Waals surface area contributed by atoms with Gasteiger partial charge in [-0.15, -0.1) is 0 Å². The Labute approximate surface area is 114 Å². The third-order valence-corrected chi connectivity index (χ3v) is 4.14. The molecule has 2 N–H and O–H groups in total. The first-order valence-electron chi connectivity index (χ1n) is 6.35. The fourth-order valence-corrected chi connectivity index (χ4v) is 2.65. The zero-order valence-electron chi connectivity index (χ0n) is 11.3. The highest BCUT2D eigenvalue weighted by Gasteiger charge is 2.16. The Morgan fingerprint density at radius 2 is 1.95 bits per heavy atom. The molecule has 0 bridgehead atoms. The lowest BCUT2D eigenvalue weighted by Crippen LogP contribution is -2.34. The van der Waals surface area contributed by atoms with Crippen LogP contribution in [0.3, 0.4) is 0 Å². The molecule has 1 atom stereocenters. The molecule has 108 valence electrons. The van der Waals surface area contributed by atoms with E-state index in [9.17, 15) is 8.42 Å². The fourth-order valence-electron chi connectivity index (χ4n) is 1.42. The molecule has 0 aliphatic rings. The van der Waals surface area contributed by atoms with E-state index in [0.29, 0.717) is 12.4 Å². The van der Waals surface area contributed by atoms with Crippen LogP contribution < -0.4 is 9.46 Å².